The molecular weight excluding hydrogens is 235 g/mol. The molecule has 0 heterocycles. The fourth-order valence-corrected chi connectivity index (χ4v) is 1.70. The lowest BCUT2D eigenvalue weighted by Gasteiger charge is -2.20. The molecule has 1 aromatic carbocycles. The van der Waals surface area contributed by atoms with Crippen molar-refractivity contribution in [2.24, 2.45) is 0 Å². The highest BCUT2D eigenvalue weighted by atomic mass is 19.1. The molecule has 0 fully saturated rings. The number of carboxylic acids is 1. The molecule has 0 radical (unpaired) electrons. The molecule has 4 nitrogen and oxygen atoms in total. The first-order chi connectivity index (χ1) is 8.43. The van der Waals surface area contributed by atoms with Crippen molar-refractivity contribution >= 4 is 5.97 Å². The average Bonchev–Trinajstić information content (AvgIpc) is 2.27. The van der Waals surface area contributed by atoms with Crippen molar-refractivity contribution in [3.63, 3.8) is 0 Å². The Hall–Kier alpha value is -1.93. The van der Waals surface area contributed by atoms with Crippen molar-refractivity contribution in [2.75, 3.05) is 0 Å². The van der Waals surface area contributed by atoms with E-state index in [1.807, 2.05) is 13.8 Å². The van der Waals surface area contributed by atoms with E-state index in [2.05, 4.69) is 5.32 Å². The Bertz CT molecular complexity index is 480. The third kappa shape index (κ3) is 3.82. The van der Waals surface area contributed by atoms with Gasteiger partial charge in [0, 0.05) is 12.1 Å². The zero-order valence-corrected chi connectivity index (χ0v) is 10.3. The van der Waals surface area contributed by atoms with Crippen LogP contribution in [0.4, 0.5) is 4.39 Å². The largest absolute Gasteiger partial charge is 0.481 e. The van der Waals surface area contributed by atoms with Crippen LogP contribution in [0.3, 0.4) is 0 Å². The van der Waals surface area contributed by atoms with E-state index in [1.54, 1.807) is 6.07 Å². The zero-order valence-electron chi connectivity index (χ0n) is 10.3. The van der Waals surface area contributed by atoms with Gasteiger partial charge in [0.2, 0.25) is 0 Å². The van der Waals surface area contributed by atoms with E-state index < -0.39 is 17.8 Å². The highest BCUT2D eigenvalue weighted by Crippen LogP contribution is 2.20. The molecule has 1 rings (SSSR count). The number of halogens is 1. The van der Waals surface area contributed by atoms with Crippen molar-refractivity contribution in [1.29, 1.82) is 5.26 Å². The Balaban J connectivity index is 3.05. The lowest BCUT2D eigenvalue weighted by Crippen LogP contribution is -2.30. The summed E-state index contributed by atoms with van der Waals surface area (Å²) >= 11 is 0. The molecule has 1 aromatic rings. The topological polar surface area (TPSA) is 73.1 Å². The third-order valence-electron chi connectivity index (χ3n) is 2.43. The van der Waals surface area contributed by atoms with Crippen LogP contribution in [-0.2, 0) is 4.79 Å². The average molecular weight is 250 g/mol. The number of carboxylic acid groups (broad SMARTS) is 1. The van der Waals surface area contributed by atoms with Crippen LogP contribution in [0, 0.1) is 17.1 Å². The Morgan fingerprint density at radius 2 is 2.22 bits per heavy atom. The Labute approximate surface area is 105 Å². The van der Waals surface area contributed by atoms with Gasteiger partial charge in [-0.1, -0.05) is 19.9 Å². The molecule has 2 N–H and O–H groups in total. The van der Waals surface area contributed by atoms with E-state index in [0.29, 0.717) is 5.56 Å². The molecule has 0 spiro atoms. The van der Waals surface area contributed by atoms with Gasteiger partial charge < -0.3 is 10.4 Å². The van der Waals surface area contributed by atoms with E-state index in [0.717, 1.165) is 0 Å². The van der Waals surface area contributed by atoms with Crippen molar-refractivity contribution in [3.8, 4) is 6.07 Å². The monoisotopic (exact) mass is 250 g/mol. The summed E-state index contributed by atoms with van der Waals surface area (Å²) in [5.74, 6) is -1.55. The van der Waals surface area contributed by atoms with Crippen LogP contribution in [0.25, 0.3) is 0 Å². The smallest absolute Gasteiger partial charge is 0.305 e. The third-order valence-corrected chi connectivity index (χ3v) is 2.43. The van der Waals surface area contributed by atoms with Crippen molar-refractivity contribution in [2.45, 2.75) is 32.4 Å². The number of rotatable bonds is 5. The van der Waals surface area contributed by atoms with Gasteiger partial charge in [-0.25, -0.2) is 4.39 Å². The van der Waals surface area contributed by atoms with Gasteiger partial charge in [0.05, 0.1) is 12.0 Å². The molecule has 0 saturated heterocycles. The predicted molar refractivity (Wildman–Crippen MR) is 64.4 cm³/mol. The molecule has 1 atom stereocenters. The first-order valence-electron chi connectivity index (χ1n) is 5.61. The second-order valence-corrected chi connectivity index (χ2v) is 4.32. The molecule has 0 aliphatic heterocycles. The van der Waals surface area contributed by atoms with E-state index in [4.69, 9.17) is 10.4 Å². The van der Waals surface area contributed by atoms with Gasteiger partial charge in [0.1, 0.15) is 11.9 Å². The van der Waals surface area contributed by atoms with Gasteiger partial charge in [-0.15, -0.1) is 0 Å². The van der Waals surface area contributed by atoms with E-state index in [9.17, 15) is 9.18 Å². The highest BCUT2D eigenvalue weighted by molar-refractivity contribution is 5.68. The van der Waals surface area contributed by atoms with Crippen LogP contribution in [0.5, 0.6) is 0 Å². The number of hydrogen-bond donors (Lipinski definition) is 2. The van der Waals surface area contributed by atoms with Gasteiger partial charge in [0.25, 0.3) is 0 Å². The minimum absolute atomic E-state index is 0.0755. The second-order valence-electron chi connectivity index (χ2n) is 4.32. The lowest BCUT2D eigenvalue weighted by molar-refractivity contribution is -0.137. The van der Waals surface area contributed by atoms with Crippen LogP contribution in [0.2, 0.25) is 0 Å². The molecule has 5 heteroatoms. The molecule has 1 unspecified atom stereocenters. The molecule has 0 aromatic heterocycles. The Kier molecular flexibility index (Phi) is 4.81. The maximum Gasteiger partial charge on any atom is 0.305 e. The molecule has 18 heavy (non-hydrogen) atoms. The number of carbonyl (C=O) groups is 1. The van der Waals surface area contributed by atoms with Crippen LogP contribution < -0.4 is 5.32 Å². The van der Waals surface area contributed by atoms with E-state index in [1.165, 1.54) is 18.2 Å². The molecular formula is C13H15FN2O2. The number of nitrogens with zero attached hydrogens (tertiary/aromatic N) is 1. The Morgan fingerprint density at radius 1 is 1.56 bits per heavy atom. The fraction of sp³-hybridized carbons (Fsp3) is 0.385. The van der Waals surface area contributed by atoms with Crippen LogP contribution in [0.1, 0.15) is 37.4 Å². The summed E-state index contributed by atoms with van der Waals surface area (Å²) in [5.41, 5.74) is 0.525. The number of nitrogens with one attached hydrogen (secondary N) is 1. The summed E-state index contributed by atoms with van der Waals surface area (Å²) in [5, 5.41) is 20.7. The highest BCUT2D eigenvalue weighted by Gasteiger charge is 2.17. The lowest BCUT2D eigenvalue weighted by atomic mass is 10.0. The van der Waals surface area contributed by atoms with Gasteiger partial charge >= 0.3 is 5.97 Å². The summed E-state index contributed by atoms with van der Waals surface area (Å²) in [4.78, 5) is 10.8. The van der Waals surface area contributed by atoms with Crippen LogP contribution in [-0.4, -0.2) is 17.1 Å². The summed E-state index contributed by atoms with van der Waals surface area (Å²) in [6.07, 6.45) is -0.116. The molecule has 96 valence electrons. The summed E-state index contributed by atoms with van der Waals surface area (Å²) in [7, 11) is 0. The normalized spacial score (nSPS) is 12.2. The van der Waals surface area contributed by atoms with Gasteiger partial charge in [-0.2, -0.15) is 5.26 Å². The van der Waals surface area contributed by atoms with Crippen molar-refractivity contribution in [3.05, 3.63) is 35.1 Å². The minimum Gasteiger partial charge on any atom is -0.481 e. The van der Waals surface area contributed by atoms with Gasteiger partial charge in [-0.05, 0) is 17.7 Å². The van der Waals surface area contributed by atoms with Crippen molar-refractivity contribution in [1.82, 2.24) is 5.32 Å². The minimum atomic E-state index is -0.948. The SMILES string of the molecule is CC(C)NC(CC(=O)O)c1ccc(F)c(C#N)c1. The van der Waals surface area contributed by atoms with Gasteiger partial charge in [0.15, 0.2) is 0 Å². The fourth-order valence-electron chi connectivity index (χ4n) is 1.70. The molecule has 0 amide bonds. The van der Waals surface area contributed by atoms with Crippen LogP contribution in [0.15, 0.2) is 18.2 Å². The van der Waals surface area contributed by atoms with E-state index in [-0.39, 0.29) is 18.0 Å². The standard InChI is InChI=1S/C13H15FN2O2/c1-8(2)16-12(6-13(17)18)9-3-4-11(14)10(5-9)7-15/h3-5,8,12,16H,6H2,1-2H3,(H,17,18). The molecule has 0 bridgehead atoms. The maximum absolute atomic E-state index is 13.2. The number of aliphatic carboxylic acids is 1. The summed E-state index contributed by atoms with van der Waals surface area (Å²) in [6.45, 7) is 3.78. The summed E-state index contributed by atoms with van der Waals surface area (Å²) < 4.78 is 13.2. The number of nitriles is 1. The summed E-state index contributed by atoms with van der Waals surface area (Å²) in [6, 6.07) is 5.47. The van der Waals surface area contributed by atoms with E-state index >= 15 is 0 Å². The van der Waals surface area contributed by atoms with Crippen molar-refractivity contribution < 1.29 is 14.3 Å². The first-order valence-corrected chi connectivity index (χ1v) is 5.61. The van der Waals surface area contributed by atoms with Crippen LogP contribution >= 0.6 is 0 Å². The maximum atomic E-state index is 13.2. The quantitative estimate of drug-likeness (QED) is 0.840. The first kappa shape index (κ1) is 14.1. The number of hydrogen-bond acceptors (Lipinski definition) is 3. The zero-order chi connectivity index (χ0) is 13.7. The molecule has 0 saturated carbocycles. The van der Waals surface area contributed by atoms with Gasteiger partial charge in [-0.3, -0.25) is 4.79 Å². The molecule has 0 aliphatic rings. The predicted octanol–water partition coefficient (Wildman–Crippen LogP) is 2.21. The Morgan fingerprint density at radius 3 is 2.72 bits per heavy atom. The molecule has 0 aliphatic carbocycles. The number of benzene rings is 1. The second kappa shape index (κ2) is 6.12.